The zero-order chi connectivity index (χ0) is 11.8. The molecular formula is C13H11N3O. The predicted molar refractivity (Wildman–Crippen MR) is 68.0 cm³/mol. The number of nitrogen functional groups attached to an aromatic ring is 1. The van der Waals surface area contributed by atoms with Crippen LogP contribution in [0.4, 0.5) is 5.69 Å². The van der Waals surface area contributed by atoms with Crippen LogP contribution in [0.15, 0.2) is 36.4 Å². The molecule has 0 aliphatic rings. The van der Waals surface area contributed by atoms with Crippen molar-refractivity contribution in [2.75, 3.05) is 12.8 Å². The molecule has 0 saturated carbocycles. The number of para-hydroxylation sites is 2. The average Bonchev–Trinajstić information content (AvgIpc) is 2.38. The summed E-state index contributed by atoms with van der Waals surface area (Å²) in [5.74, 6) is 0.687. The molecular weight excluding hydrogens is 214 g/mol. The molecule has 84 valence electrons. The molecule has 0 atom stereocenters. The van der Waals surface area contributed by atoms with Crippen molar-refractivity contribution in [2.24, 2.45) is 0 Å². The third-order valence-electron chi connectivity index (χ3n) is 2.71. The Labute approximate surface area is 98.1 Å². The van der Waals surface area contributed by atoms with Crippen molar-refractivity contribution in [3.63, 3.8) is 0 Å². The molecule has 4 heteroatoms. The Morgan fingerprint density at radius 1 is 0.941 bits per heavy atom. The maximum absolute atomic E-state index is 5.91. The molecule has 0 spiro atoms. The zero-order valence-electron chi connectivity index (χ0n) is 9.34. The van der Waals surface area contributed by atoms with Gasteiger partial charge < -0.3 is 10.5 Å². The minimum absolute atomic E-state index is 0.610. The van der Waals surface area contributed by atoms with E-state index in [1.165, 1.54) is 0 Å². The minimum Gasteiger partial charge on any atom is -0.494 e. The van der Waals surface area contributed by atoms with E-state index < -0.39 is 0 Å². The zero-order valence-corrected chi connectivity index (χ0v) is 9.34. The quantitative estimate of drug-likeness (QED) is 0.510. The van der Waals surface area contributed by atoms with Crippen molar-refractivity contribution >= 4 is 27.8 Å². The van der Waals surface area contributed by atoms with Gasteiger partial charge >= 0.3 is 0 Å². The lowest BCUT2D eigenvalue weighted by molar-refractivity contribution is 0.419. The summed E-state index contributed by atoms with van der Waals surface area (Å²) in [4.78, 5) is 9.06. The molecule has 2 aromatic carbocycles. The predicted octanol–water partition coefficient (Wildman–Crippen LogP) is 2.37. The Kier molecular flexibility index (Phi) is 2.08. The maximum Gasteiger partial charge on any atom is 0.146 e. The van der Waals surface area contributed by atoms with Gasteiger partial charge in [-0.1, -0.05) is 12.1 Å². The highest BCUT2D eigenvalue weighted by Gasteiger charge is 2.08. The monoisotopic (exact) mass is 225 g/mol. The first kappa shape index (κ1) is 9.84. The third kappa shape index (κ3) is 1.45. The van der Waals surface area contributed by atoms with E-state index in [1.807, 2.05) is 24.3 Å². The minimum atomic E-state index is 0.610. The number of rotatable bonds is 1. The van der Waals surface area contributed by atoms with Crippen molar-refractivity contribution < 1.29 is 4.74 Å². The molecule has 0 aliphatic carbocycles. The Hall–Kier alpha value is -2.36. The lowest BCUT2D eigenvalue weighted by atomic mass is 10.2. The van der Waals surface area contributed by atoms with Gasteiger partial charge in [0.15, 0.2) is 0 Å². The van der Waals surface area contributed by atoms with Gasteiger partial charge in [-0.3, -0.25) is 0 Å². The van der Waals surface area contributed by atoms with E-state index >= 15 is 0 Å². The van der Waals surface area contributed by atoms with E-state index in [0.29, 0.717) is 22.5 Å². The number of nitrogens with zero attached hydrogens (tertiary/aromatic N) is 2. The fraction of sp³-hybridized carbons (Fsp3) is 0.0769. The van der Waals surface area contributed by atoms with Gasteiger partial charge in [-0.2, -0.15) is 0 Å². The van der Waals surface area contributed by atoms with E-state index in [1.54, 1.807) is 19.2 Å². The van der Waals surface area contributed by atoms with Gasteiger partial charge in [-0.25, -0.2) is 9.97 Å². The molecule has 0 unspecified atom stereocenters. The van der Waals surface area contributed by atoms with Crippen LogP contribution in [0.2, 0.25) is 0 Å². The second-order valence-electron chi connectivity index (χ2n) is 3.77. The van der Waals surface area contributed by atoms with Gasteiger partial charge in [0.05, 0.1) is 23.8 Å². The summed E-state index contributed by atoms with van der Waals surface area (Å²) in [6.45, 7) is 0. The van der Waals surface area contributed by atoms with E-state index in [-0.39, 0.29) is 0 Å². The lowest BCUT2D eigenvalue weighted by Crippen LogP contribution is -1.95. The molecule has 1 aromatic heterocycles. The second-order valence-corrected chi connectivity index (χ2v) is 3.77. The Morgan fingerprint density at radius 3 is 2.24 bits per heavy atom. The largest absolute Gasteiger partial charge is 0.494 e. The lowest BCUT2D eigenvalue weighted by Gasteiger charge is -2.07. The van der Waals surface area contributed by atoms with Crippen molar-refractivity contribution in [1.29, 1.82) is 0 Å². The van der Waals surface area contributed by atoms with Crippen LogP contribution in [0.1, 0.15) is 0 Å². The van der Waals surface area contributed by atoms with Crippen LogP contribution < -0.4 is 10.5 Å². The molecule has 4 nitrogen and oxygen atoms in total. The highest BCUT2D eigenvalue weighted by Crippen LogP contribution is 2.28. The van der Waals surface area contributed by atoms with Crippen LogP contribution >= 0.6 is 0 Å². The number of benzene rings is 2. The fourth-order valence-electron chi connectivity index (χ4n) is 1.86. The topological polar surface area (TPSA) is 61.0 Å². The van der Waals surface area contributed by atoms with Crippen molar-refractivity contribution in [2.45, 2.75) is 0 Å². The molecule has 0 bridgehead atoms. The average molecular weight is 225 g/mol. The van der Waals surface area contributed by atoms with Gasteiger partial charge in [0.2, 0.25) is 0 Å². The number of anilines is 1. The molecule has 3 aromatic rings. The van der Waals surface area contributed by atoms with Gasteiger partial charge in [-0.05, 0) is 24.3 Å². The van der Waals surface area contributed by atoms with E-state index in [4.69, 9.17) is 10.5 Å². The SMILES string of the molecule is COc1ccc(N)c2nc3ccccc3nc12. The normalized spacial score (nSPS) is 10.9. The smallest absolute Gasteiger partial charge is 0.146 e. The molecule has 0 aliphatic heterocycles. The van der Waals surface area contributed by atoms with Crippen LogP contribution in [-0.4, -0.2) is 17.1 Å². The van der Waals surface area contributed by atoms with Gasteiger partial charge in [0, 0.05) is 0 Å². The Balaban J connectivity index is 2.50. The van der Waals surface area contributed by atoms with Crippen molar-refractivity contribution in [1.82, 2.24) is 9.97 Å². The number of hydrogen-bond donors (Lipinski definition) is 1. The first-order valence-electron chi connectivity index (χ1n) is 5.28. The number of methoxy groups -OCH3 is 1. The Bertz CT molecular complexity index is 709. The molecule has 0 radical (unpaired) electrons. The van der Waals surface area contributed by atoms with Crippen LogP contribution in [0.5, 0.6) is 5.75 Å². The molecule has 0 fully saturated rings. The van der Waals surface area contributed by atoms with Crippen LogP contribution in [0.25, 0.3) is 22.1 Å². The van der Waals surface area contributed by atoms with Gasteiger partial charge in [-0.15, -0.1) is 0 Å². The summed E-state index contributed by atoms with van der Waals surface area (Å²) in [5.41, 5.74) is 9.58. The third-order valence-corrected chi connectivity index (χ3v) is 2.71. The van der Waals surface area contributed by atoms with Gasteiger partial charge in [0.25, 0.3) is 0 Å². The molecule has 2 N–H and O–H groups in total. The van der Waals surface area contributed by atoms with Crippen molar-refractivity contribution in [3.05, 3.63) is 36.4 Å². The van der Waals surface area contributed by atoms with Crippen LogP contribution in [0.3, 0.4) is 0 Å². The van der Waals surface area contributed by atoms with Gasteiger partial charge in [0.1, 0.15) is 16.8 Å². The molecule has 0 amide bonds. The molecule has 0 saturated heterocycles. The Morgan fingerprint density at radius 2 is 1.59 bits per heavy atom. The summed E-state index contributed by atoms with van der Waals surface area (Å²) >= 11 is 0. The number of fused-ring (bicyclic) bond motifs is 2. The number of hydrogen-bond acceptors (Lipinski definition) is 4. The van der Waals surface area contributed by atoms with Crippen LogP contribution in [0, 0.1) is 0 Å². The first-order valence-corrected chi connectivity index (χ1v) is 5.28. The molecule has 3 rings (SSSR count). The number of ether oxygens (including phenoxy) is 1. The summed E-state index contributed by atoms with van der Waals surface area (Å²) < 4.78 is 5.27. The summed E-state index contributed by atoms with van der Waals surface area (Å²) in [6, 6.07) is 11.3. The van der Waals surface area contributed by atoms with Crippen molar-refractivity contribution in [3.8, 4) is 5.75 Å². The molecule has 1 heterocycles. The highest BCUT2D eigenvalue weighted by molar-refractivity contribution is 5.96. The first-order chi connectivity index (χ1) is 8.29. The number of aromatic nitrogens is 2. The van der Waals surface area contributed by atoms with E-state index in [0.717, 1.165) is 11.0 Å². The maximum atomic E-state index is 5.91. The summed E-state index contributed by atoms with van der Waals surface area (Å²) in [5, 5.41) is 0. The summed E-state index contributed by atoms with van der Waals surface area (Å²) in [6.07, 6.45) is 0. The number of nitrogens with two attached hydrogens (primary N) is 1. The highest BCUT2D eigenvalue weighted by atomic mass is 16.5. The standard InChI is InChI=1S/C13H11N3O/c1-17-11-7-6-8(14)12-13(11)16-10-5-3-2-4-9(10)15-12/h2-7H,14H2,1H3. The fourth-order valence-corrected chi connectivity index (χ4v) is 1.86. The van der Waals surface area contributed by atoms with Crippen LogP contribution in [-0.2, 0) is 0 Å². The van der Waals surface area contributed by atoms with E-state index in [2.05, 4.69) is 9.97 Å². The second kappa shape index (κ2) is 3.59. The molecule has 17 heavy (non-hydrogen) atoms. The van der Waals surface area contributed by atoms with E-state index in [9.17, 15) is 0 Å². The summed E-state index contributed by atoms with van der Waals surface area (Å²) in [7, 11) is 1.61.